The number of carbonyl (C=O) groups excluding carboxylic acids is 1. The number of amides is 1. The molecule has 3 aromatic carbocycles. The summed E-state index contributed by atoms with van der Waals surface area (Å²) in [6, 6.07) is 24.4. The minimum Gasteiger partial charge on any atom is -0.497 e. The smallest absolute Gasteiger partial charge is 0.412 e. The van der Waals surface area contributed by atoms with Gasteiger partial charge in [0, 0.05) is 13.1 Å². The fraction of sp³-hybridized carbons (Fsp3) is 0.417. The van der Waals surface area contributed by atoms with Gasteiger partial charge in [0.1, 0.15) is 23.9 Å². The molecule has 1 saturated heterocycles. The maximum Gasteiger partial charge on any atom is 0.412 e. The van der Waals surface area contributed by atoms with E-state index < -0.39 is 6.09 Å². The van der Waals surface area contributed by atoms with Gasteiger partial charge in [-0.2, -0.15) is 0 Å². The van der Waals surface area contributed by atoms with Gasteiger partial charge in [-0.05, 0) is 104 Å². The van der Waals surface area contributed by atoms with Crippen LogP contribution in [-0.4, -0.2) is 50.9 Å². The van der Waals surface area contributed by atoms with Crippen molar-refractivity contribution in [3.05, 3.63) is 95.1 Å². The Kier molecular flexibility index (Phi) is 12.3. The summed E-state index contributed by atoms with van der Waals surface area (Å²) in [4.78, 5) is 14.7. The standard InChI is InChI=1S/C36H46N2O4/c1-4-5-22-37-36(39)42-34-20-14-31(15-21-34)35(28(2)27-29-10-16-32(40-3)17-11-29)30-12-18-33(19-13-30)41-26-25-38-23-8-6-7-9-24-38/h10-21H,4-9,22-27H2,1-3H3,(H,37,39)/b35-28-. The van der Waals surface area contributed by atoms with Crippen molar-refractivity contribution < 1.29 is 19.0 Å². The quantitative estimate of drug-likeness (QED) is 0.212. The van der Waals surface area contributed by atoms with E-state index in [1.165, 1.54) is 49.9 Å². The van der Waals surface area contributed by atoms with E-state index >= 15 is 0 Å². The molecule has 0 radical (unpaired) electrons. The lowest BCUT2D eigenvalue weighted by Gasteiger charge is -2.20. The Morgan fingerprint density at radius 1 is 0.810 bits per heavy atom. The molecule has 0 bridgehead atoms. The van der Waals surface area contributed by atoms with Gasteiger partial charge in [-0.1, -0.05) is 68.2 Å². The molecule has 0 aromatic heterocycles. The molecule has 0 spiro atoms. The topological polar surface area (TPSA) is 60.0 Å². The zero-order valence-corrected chi connectivity index (χ0v) is 25.5. The number of hydrogen-bond donors (Lipinski definition) is 1. The lowest BCUT2D eigenvalue weighted by atomic mass is 9.90. The van der Waals surface area contributed by atoms with E-state index in [1.807, 2.05) is 36.4 Å². The summed E-state index contributed by atoms with van der Waals surface area (Å²) in [5.74, 6) is 2.26. The van der Waals surface area contributed by atoms with E-state index in [2.05, 4.69) is 60.5 Å². The summed E-state index contributed by atoms with van der Waals surface area (Å²) >= 11 is 0. The normalized spacial score (nSPS) is 14.5. The second-order valence-electron chi connectivity index (χ2n) is 11.0. The Bertz CT molecular complexity index is 1260. The summed E-state index contributed by atoms with van der Waals surface area (Å²) < 4.78 is 17.0. The number of benzene rings is 3. The van der Waals surface area contributed by atoms with Gasteiger partial charge in [-0.15, -0.1) is 0 Å². The molecule has 0 saturated carbocycles. The fourth-order valence-corrected chi connectivity index (χ4v) is 5.37. The number of unbranched alkanes of at least 4 members (excludes halogenated alkanes) is 1. The summed E-state index contributed by atoms with van der Waals surface area (Å²) in [5, 5.41) is 2.80. The summed E-state index contributed by atoms with van der Waals surface area (Å²) in [7, 11) is 1.68. The van der Waals surface area contributed by atoms with Gasteiger partial charge in [-0.3, -0.25) is 4.90 Å². The zero-order chi connectivity index (χ0) is 29.6. The van der Waals surface area contributed by atoms with Crippen molar-refractivity contribution in [3.8, 4) is 17.2 Å². The van der Waals surface area contributed by atoms with Crippen LogP contribution in [0.25, 0.3) is 5.57 Å². The van der Waals surface area contributed by atoms with Gasteiger partial charge < -0.3 is 19.5 Å². The average molecular weight is 571 g/mol. The molecule has 6 heteroatoms. The lowest BCUT2D eigenvalue weighted by molar-refractivity contribution is 0.200. The Morgan fingerprint density at radius 2 is 1.40 bits per heavy atom. The van der Waals surface area contributed by atoms with Crippen molar-refractivity contribution in [3.63, 3.8) is 0 Å². The number of nitrogens with one attached hydrogen (secondary N) is 1. The Labute approximate surface area is 251 Å². The molecule has 1 aliphatic heterocycles. The molecule has 42 heavy (non-hydrogen) atoms. The second kappa shape index (κ2) is 16.6. The van der Waals surface area contributed by atoms with E-state index in [9.17, 15) is 4.79 Å². The first kappa shape index (κ1) is 31.2. The highest BCUT2D eigenvalue weighted by molar-refractivity contribution is 5.83. The van der Waals surface area contributed by atoms with Crippen LogP contribution in [0.5, 0.6) is 17.2 Å². The molecule has 1 fully saturated rings. The van der Waals surface area contributed by atoms with E-state index in [4.69, 9.17) is 14.2 Å². The molecular formula is C36H46N2O4. The van der Waals surface area contributed by atoms with Gasteiger partial charge in [-0.25, -0.2) is 4.79 Å². The first-order valence-corrected chi connectivity index (χ1v) is 15.4. The van der Waals surface area contributed by atoms with Crippen LogP contribution in [0.15, 0.2) is 78.4 Å². The van der Waals surface area contributed by atoms with Crippen molar-refractivity contribution in [1.29, 1.82) is 0 Å². The average Bonchev–Trinajstić information content (AvgIpc) is 3.28. The summed E-state index contributed by atoms with van der Waals surface area (Å²) in [6.07, 6.45) is 7.59. The molecule has 0 unspecified atom stereocenters. The van der Waals surface area contributed by atoms with Gasteiger partial charge in [0.05, 0.1) is 7.11 Å². The van der Waals surface area contributed by atoms with Crippen LogP contribution in [0.4, 0.5) is 4.79 Å². The van der Waals surface area contributed by atoms with E-state index in [1.54, 1.807) is 7.11 Å². The van der Waals surface area contributed by atoms with Crippen molar-refractivity contribution >= 4 is 11.7 Å². The maximum atomic E-state index is 12.1. The molecule has 0 aliphatic carbocycles. The number of allylic oxidation sites excluding steroid dienone is 1. The van der Waals surface area contributed by atoms with Crippen molar-refractivity contribution in [2.24, 2.45) is 0 Å². The summed E-state index contributed by atoms with van der Waals surface area (Å²) in [6.45, 7) is 8.91. The SMILES string of the molecule is CCCCNC(=O)Oc1ccc(/C(=C(/C)Cc2ccc(OC)cc2)c2ccc(OCCN3CCCCCC3)cc2)cc1. The van der Waals surface area contributed by atoms with E-state index in [-0.39, 0.29) is 0 Å². The minimum absolute atomic E-state index is 0.422. The van der Waals surface area contributed by atoms with Crippen LogP contribution in [-0.2, 0) is 6.42 Å². The zero-order valence-electron chi connectivity index (χ0n) is 25.5. The van der Waals surface area contributed by atoms with E-state index in [0.29, 0.717) is 18.9 Å². The van der Waals surface area contributed by atoms with Gasteiger partial charge >= 0.3 is 6.09 Å². The minimum atomic E-state index is -0.422. The van der Waals surface area contributed by atoms with Gasteiger partial charge in [0.15, 0.2) is 0 Å². The third-order valence-corrected chi connectivity index (χ3v) is 7.73. The Morgan fingerprint density at radius 3 is 2.00 bits per heavy atom. The van der Waals surface area contributed by atoms with Crippen molar-refractivity contribution in [1.82, 2.24) is 10.2 Å². The number of ether oxygens (including phenoxy) is 3. The highest BCUT2D eigenvalue weighted by atomic mass is 16.6. The highest BCUT2D eigenvalue weighted by Crippen LogP contribution is 2.31. The predicted molar refractivity (Wildman–Crippen MR) is 171 cm³/mol. The van der Waals surface area contributed by atoms with Crippen LogP contribution in [0.3, 0.4) is 0 Å². The maximum absolute atomic E-state index is 12.1. The number of rotatable bonds is 13. The van der Waals surface area contributed by atoms with E-state index in [0.717, 1.165) is 54.0 Å². The first-order valence-electron chi connectivity index (χ1n) is 15.4. The molecule has 1 heterocycles. The fourth-order valence-electron chi connectivity index (χ4n) is 5.37. The summed E-state index contributed by atoms with van der Waals surface area (Å²) in [5.41, 5.74) is 5.78. The van der Waals surface area contributed by atoms with Crippen LogP contribution in [0.2, 0.25) is 0 Å². The molecule has 3 aromatic rings. The van der Waals surface area contributed by atoms with Crippen LogP contribution < -0.4 is 19.5 Å². The molecule has 1 N–H and O–H groups in total. The Balaban J connectivity index is 1.50. The number of methoxy groups -OCH3 is 1. The van der Waals surface area contributed by atoms with Crippen LogP contribution >= 0.6 is 0 Å². The van der Waals surface area contributed by atoms with Crippen LogP contribution in [0.1, 0.15) is 69.1 Å². The molecular weight excluding hydrogens is 524 g/mol. The molecule has 1 aliphatic rings. The van der Waals surface area contributed by atoms with Crippen LogP contribution in [0, 0.1) is 0 Å². The highest BCUT2D eigenvalue weighted by Gasteiger charge is 2.13. The lowest BCUT2D eigenvalue weighted by Crippen LogP contribution is -2.29. The predicted octanol–water partition coefficient (Wildman–Crippen LogP) is 7.90. The molecule has 4 rings (SSSR count). The monoisotopic (exact) mass is 570 g/mol. The van der Waals surface area contributed by atoms with Gasteiger partial charge in [0.2, 0.25) is 0 Å². The molecule has 0 atom stereocenters. The largest absolute Gasteiger partial charge is 0.497 e. The molecule has 1 amide bonds. The third-order valence-electron chi connectivity index (χ3n) is 7.73. The van der Waals surface area contributed by atoms with Crippen molar-refractivity contribution in [2.75, 3.05) is 39.9 Å². The number of carbonyl (C=O) groups is 1. The van der Waals surface area contributed by atoms with Crippen molar-refractivity contribution in [2.45, 2.75) is 58.8 Å². The molecule has 224 valence electrons. The molecule has 6 nitrogen and oxygen atoms in total. The van der Waals surface area contributed by atoms with Gasteiger partial charge in [0.25, 0.3) is 0 Å². The second-order valence-corrected chi connectivity index (χ2v) is 11.0. The number of likely N-dealkylation sites (tertiary alicyclic amines) is 1. The number of nitrogens with zero attached hydrogens (tertiary/aromatic N) is 1. The number of hydrogen-bond acceptors (Lipinski definition) is 5. The third kappa shape index (κ3) is 9.66. The Hall–Kier alpha value is -3.77. The first-order chi connectivity index (χ1) is 20.6.